The highest BCUT2D eigenvalue weighted by atomic mass is 16.5. The Kier molecular flexibility index (Phi) is 4.77. The molecule has 1 aromatic rings. The lowest BCUT2D eigenvalue weighted by Crippen LogP contribution is -2.03. The van der Waals surface area contributed by atoms with Gasteiger partial charge in [-0.15, -0.1) is 0 Å². The monoisotopic (exact) mass is 217 g/mol. The molecule has 0 unspecified atom stereocenters. The third kappa shape index (κ3) is 3.23. The highest BCUT2D eigenvalue weighted by molar-refractivity contribution is 5.89. The molecule has 0 fully saturated rings. The minimum absolute atomic E-state index is 0.310. The molecule has 0 saturated heterocycles. The lowest BCUT2D eigenvalue weighted by atomic mass is 10.0. The van der Waals surface area contributed by atoms with E-state index in [9.17, 15) is 4.79 Å². The van der Waals surface area contributed by atoms with Crippen molar-refractivity contribution in [3.63, 3.8) is 0 Å². The number of ether oxygens (including phenoxy) is 1. The first-order valence-corrected chi connectivity index (χ1v) is 5.46. The van der Waals surface area contributed by atoms with Crippen molar-refractivity contribution in [1.82, 2.24) is 0 Å². The summed E-state index contributed by atoms with van der Waals surface area (Å²) in [5.41, 5.74) is 2.55. The van der Waals surface area contributed by atoms with Crippen LogP contribution in [0.25, 0.3) is 0 Å². The summed E-state index contributed by atoms with van der Waals surface area (Å²) in [6, 6.07) is 5.63. The smallest absolute Gasteiger partial charge is 0.337 e. The molecule has 0 spiro atoms. The van der Waals surface area contributed by atoms with E-state index < -0.39 is 0 Å². The van der Waals surface area contributed by atoms with E-state index in [2.05, 4.69) is 19.6 Å². The first-order valence-electron chi connectivity index (χ1n) is 5.46. The van der Waals surface area contributed by atoms with Gasteiger partial charge in [0.2, 0.25) is 0 Å². The van der Waals surface area contributed by atoms with Crippen LogP contribution in [0.2, 0.25) is 0 Å². The average molecular weight is 217 g/mol. The van der Waals surface area contributed by atoms with Gasteiger partial charge in [-0.3, -0.25) is 0 Å². The molecule has 0 aliphatic rings. The highest BCUT2D eigenvalue weighted by Gasteiger charge is 2.07. The second-order valence-corrected chi connectivity index (χ2v) is 3.69. The molecule has 0 N–H and O–H groups in total. The molecule has 2 heteroatoms. The Labute approximate surface area is 96.9 Å². The Balaban J connectivity index is 3.00. The van der Waals surface area contributed by atoms with Crippen LogP contribution in [0.1, 0.15) is 41.3 Å². The van der Waals surface area contributed by atoms with Crippen molar-refractivity contribution in [1.29, 1.82) is 0 Å². The number of aryl methyl sites for hydroxylation is 1. The third-order valence-corrected chi connectivity index (χ3v) is 2.44. The van der Waals surface area contributed by atoms with E-state index in [1.54, 1.807) is 6.07 Å². The number of carbonyl (C=O) groups excluding carboxylic acids is 1. The fraction of sp³-hybridized carbons (Fsp3) is 0.357. The highest BCUT2D eigenvalue weighted by Crippen LogP contribution is 2.14. The molecule has 1 radical (unpaired) electrons. The van der Waals surface area contributed by atoms with Gasteiger partial charge >= 0.3 is 5.97 Å². The molecule has 0 heterocycles. The van der Waals surface area contributed by atoms with Gasteiger partial charge < -0.3 is 4.74 Å². The summed E-state index contributed by atoms with van der Waals surface area (Å²) in [6.07, 6.45) is 6.02. The van der Waals surface area contributed by atoms with Crippen LogP contribution in [0.3, 0.4) is 0 Å². The van der Waals surface area contributed by atoms with E-state index in [1.807, 2.05) is 12.1 Å². The number of esters is 1. The van der Waals surface area contributed by atoms with Crippen molar-refractivity contribution in [3.05, 3.63) is 47.5 Å². The van der Waals surface area contributed by atoms with Gasteiger partial charge in [-0.2, -0.15) is 0 Å². The standard InChI is InChI=1S/C14H17O2/c1-4-6-7-12-8-11(5-2)9-13(10-12)14(15)16-3/h8-10H,2,4,6-7H2,1,3H3. The van der Waals surface area contributed by atoms with Crippen LogP contribution in [0.15, 0.2) is 24.8 Å². The van der Waals surface area contributed by atoms with Crippen LogP contribution in [0.4, 0.5) is 0 Å². The number of unbranched alkanes of at least 4 members (excludes halogenated alkanes) is 1. The first kappa shape index (κ1) is 12.5. The van der Waals surface area contributed by atoms with Crippen molar-refractivity contribution >= 4 is 5.97 Å². The number of methoxy groups -OCH3 is 1. The summed E-state index contributed by atoms with van der Waals surface area (Å²) in [6.45, 7) is 5.75. The molecule has 0 aliphatic heterocycles. The van der Waals surface area contributed by atoms with Crippen LogP contribution in [0, 0.1) is 6.08 Å². The lowest BCUT2D eigenvalue weighted by Gasteiger charge is -2.05. The Morgan fingerprint density at radius 2 is 2.19 bits per heavy atom. The predicted molar refractivity (Wildman–Crippen MR) is 64.4 cm³/mol. The van der Waals surface area contributed by atoms with Gasteiger partial charge in [0.05, 0.1) is 12.7 Å². The van der Waals surface area contributed by atoms with Crippen molar-refractivity contribution in [2.45, 2.75) is 26.2 Å². The zero-order valence-electron chi connectivity index (χ0n) is 9.88. The van der Waals surface area contributed by atoms with E-state index in [4.69, 9.17) is 4.74 Å². The number of benzene rings is 1. The van der Waals surface area contributed by atoms with Crippen molar-refractivity contribution in [2.24, 2.45) is 0 Å². The molecule has 0 atom stereocenters. The fourth-order valence-electron chi connectivity index (χ4n) is 1.56. The summed E-state index contributed by atoms with van der Waals surface area (Å²) in [5, 5.41) is 0. The van der Waals surface area contributed by atoms with Gasteiger partial charge in [0.1, 0.15) is 0 Å². The fourth-order valence-corrected chi connectivity index (χ4v) is 1.56. The predicted octanol–water partition coefficient (Wildman–Crippen LogP) is 3.15. The van der Waals surface area contributed by atoms with Gasteiger partial charge in [-0.1, -0.05) is 26.0 Å². The largest absolute Gasteiger partial charge is 0.465 e. The summed E-state index contributed by atoms with van der Waals surface area (Å²) >= 11 is 0. The summed E-state index contributed by atoms with van der Waals surface area (Å²) < 4.78 is 4.71. The maximum Gasteiger partial charge on any atom is 0.337 e. The second-order valence-electron chi connectivity index (χ2n) is 3.69. The molecule has 1 aromatic carbocycles. The quantitative estimate of drug-likeness (QED) is 0.708. The zero-order valence-corrected chi connectivity index (χ0v) is 9.88. The molecule has 0 amide bonds. The van der Waals surface area contributed by atoms with Crippen molar-refractivity contribution in [2.75, 3.05) is 7.11 Å². The van der Waals surface area contributed by atoms with Crippen LogP contribution < -0.4 is 0 Å². The molecule has 1 rings (SSSR count). The van der Waals surface area contributed by atoms with Crippen LogP contribution >= 0.6 is 0 Å². The third-order valence-electron chi connectivity index (χ3n) is 2.44. The topological polar surface area (TPSA) is 26.3 Å². The molecular formula is C14H17O2. The van der Waals surface area contributed by atoms with Crippen LogP contribution in [0.5, 0.6) is 0 Å². The van der Waals surface area contributed by atoms with Gasteiger partial charge in [0.15, 0.2) is 0 Å². The number of hydrogen-bond acceptors (Lipinski definition) is 2. The normalized spacial score (nSPS) is 9.88. The zero-order chi connectivity index (χ0) is 12.0. The SMILES string of the molecule is C=[C]c1cc(CCCC)cc(C(=O)OC)c1. The molecule has 0 saturated carbocycles. The Hall–Kier alpha value is -1.57. The van der Waals surface area contributed by atoms with E-state index in [0.717, 1.165) is 30.4 Å². The number of carbonyl (C=O) groups is 1. The Morgan fingerprint density at radius 1 is 1.44 bits per heavy atom. The van der Waals surface area contributed by atoms with Crippen LogP contribution in [-0.4, -0.2) is 13.1 Å². The molecule has 16 heavy (non-hydrogen) atoms. The van der Waals surface area contributed by atoms with Crippen molar-refractivity contribution < 1.29 is 9.53 Å². The van der Waals surface area contributed by atoms with Crippen molar-refractivity contribution in [3.8, 4) is 0 Å². The molecule has 0 aliphatic carbocycles. The maximum absolute atomic E-state index is 11.4. The molecule has 85 valence electrons. The molecular weight excluding hydrogens is 200 g/mol. The van der Waals surface area contributed by atoms with Gasteiger partial charge in [-0.05, 0) is 42.2 Å². The lowest BCUT2D eigenvalue weighted by molar-refractivity contribution is 0.0600. The first-order chi connectivity index (χ1) is 7.71. The van der Waals surface area contributed by atoms with Gasteiger partial charge in [0.25, 0.3) is 0 Å². The molecule has 0 aromatic heterocycles. The van der Waals surface area contributed by atoms with E-state index in [0.29, 0.717) is 5.56 Å². The minimum Gasteiger partial charge on any atom is -0.465 e. The summed E-state index contributed by atoms with van der Waals surface area (Å²) in [7, 11) is 1.39. The number of rotatable bonds is 5. The van der Waals surface area contributed by atoms with E-state index >= 15 is 0 Å². The molecule has 2 nitrogen and oxygen atoms in total. The minimum atomic E-state index is -0.310. The van der Waals surface area contributed by atoms with Gasteiger partial charge in [0, 0.05) is 0 Å². The second kappa shape index (κ2) is 6.11. The van der Waals surface area contributed by atoms with E-state index in [-0.39, 0.29) is 5.97 Å². The summed E-state index contributed by atoms with van der Waals surface area (Å²) in [4.78, 5) is 11.4. The van der Waals surface area contributed by atoms with E-state index in [1.165, 1.54) is 7.11 Å². The Morgan fingerprint density at radius 3 is 2.75 bits per heavy atom. The maximum atomic E-state index is 11.4. The summed E-state index contributed by atoms with van der Waals surface area (Å²) in [5.74, 6) is -0.310. The Bertz CT molecular complexity index is 380. The van der Waals surface area contributed by atoms with Gasteiger partial charge in [-0.25, -0.2) is 4.79 Å². The molecule has 0 bridgehead atoms. The average Bonchev–Trinajstić information content (AvgIpc) is 2.34. The van der Waals surface area contributed by atoms with Crippen LogP contribution in [-0.2, 0) is 11.2 Å². The number of hydrogen-bond donors (Lipinski definition) is 0.